The predicted octanol–water partition coefficient (Wildman–Crippen LogP) is 4.17. The van der Waals surface area contributed by atoms with E-state index in [0.29, 0.717) is 6.54 Å². The second-order valence-corrected chi connectivity index (χ2v) is 6.49. The van der Waals surface area contributed by atoms with Crippen LogP contribution >= 0.6 is 11.6 Å². The molecule has 1 aromatic carbocycles. The Labute approximate surface area is 149 Å². The van der Waals surface area contributed by atoms with Gasteiger partial charge in [0.25, 0.3) is 5.91 Å². The average Bonchev–Trinajstić information content (AvgIpc) is 3.13. The largest absolute Gasteiger partial charge is 0.468 e. The molecule has 1 aliphatic heterocycles. The highest BCUT2D eigenvalue weighted by atomic mass is 35.5. The Morgan fingerprint density at radius 3 is 2.64 bits per heavy atom. The lowest BCUT2D eigenvalue weighted by Gasteiger charge is -2.33. The first kappa shape index (κ1) is 17.9. The standard InChI is InChI=1S/C18H19ClF2N2O2/c19-13-10-15(21)14(20)9-12(13)18(24)22-11-16(17-5-4-8-25-17)23-6-2-1-3-7-23/h4-5,8-10,16H,1-3,6-7,11H2,(H,22,24). The fourth-order valence-corrected chi connectivity index (χ4v) is 3.34. The Morgan fingerprint density at radius 2 is 1.96 bits per heavy atom. The van der Waals surface area contributed by atoms with E-state index in [9.17, 15) is 13.6 Å². The molecule has 1 N–H and O–H groups in total. The number of rotatable bonds is 5. The van der Waals surface area contributed by atoms with E-state index in [1.807, 2.05) is 6.07 Å². The van der Waals surface area contributed by atoms with E-state index < -0.39 is 17.5 Å². The second-order valence-electron chi connectivity index (χ2n) is 6.08. The van der Waals surface area contributed by atoms with E-state index in [4.69, 9.17) is 16.0 Å². The van der Waals surface area contributed by atoms with Gasteiger partial charge in [-0.15, -0.1) is 0 Å². The zero-order valence-corrected chi connectivity index (χ0v) is 14.4. The van der Waals surface area contributed by atoms with E-state index >= 15 is 0 Å². The number of amides is 1. The third kappa shape index (κ3) is 4.19. The Kier molecular flexibility index (Phi) is 5.71. The van der Waals surface area contributed by atoms with Gasteiger partial charge in [-0.2, -0.15) is 0 Å². The molecule has 0 bridgehead atoms. The van der Waals surface area contributed by atoms with E-state index in [2.05, 4.69) is 10.2 Å². The van der Waals surface area contributed by atoms with Gasteiger partial charge in [0.2, 0.25) is 0 Å². The van der Waals surface area contributed by atoms with Crippen LogP contribution in [0, 0.1) is 11.6 Å². The first-order valence-electron chi connectivity index (χ1n) is 8.26. The summed E-state index contributed by atoms with van der Waals surface area (Å²) < 4.78 is 32.1. The van der Waals surface area contributed by atoms with Crippen LogP contribution in [-0.2, 0) is 0 Å². The number of furan rings is 1. The van der Waals surface area contributed by atoms with Gasteiger partial charge in [0.05, 0.1) is 22.9 Å². The molecule has 1 fully saturated rings. The molecule has 3 rings (SSSR count). The predicted molar refractivity (Wildman–Crippen MR) is 90.6 cm³/mol. The molecule has 0 saturated carbocycles. The number of nitrogens with zero attached hydrogens (tertiary/aromatic N) is 1. The van der Waals surface area contributed by atoms with Gasteiger partial charge in [-0.3, -0.25) is 9.69 Å². The molecule has 4 nitrogen and oxygen atoms in total. The van der Waals surface area contributed by atoms with Crippen LogP contribution in [0.2, 0.25) is 5.02 Å². The zero-order valence-electron chi connectivity index (χ0n) is 13.6. The normalized spacial score (nSPS) is 16.6. The van der Waals surface area contributed by atoms with Crippen molar-refractivity contribution in [3.8, 4) is 0 Å². The molecule has 1 atom stereocenters. The Hall–Kier alpha value is -1.92. The summed E-state index contributed by atoms with van der Waals surface area (Å²) in [6, 6.07) is 5.19. The first-order chi connectivity index (χ1) is 12.1. The van der Waals surface area contributed by atoms with Crippen molar-refractivity contribution in [1.29, 1.82) is 0 Å². The third-order valence-electron chi connectivity index (χ3n) is 4.41. The van der Waals surface area contributed by atoms with Crippen LogP contribution in [0.5, 0.6) is 0 Å². The minimum Gasteiger partial charge on any atom is -0.468 e. The van der Waals surface area contributed by atoms with Crippen molar-refractivity contribution in [2.75, 3.05) is 19.6 Å². The number of hydrogen-bond acceptors (Lipinski definition) is 3. The summed E-state index contributed by atoms with van der Waals surface area (Å²) >= 11 is 5.86. The van der Waals surface area contributed by atoms with Crippen molar-refractivity contribution in [3.63, 3.8) is 0 Å². The lowest BCUT2D eigenvalue weighted by Crippen LogP contribution is -2.40. The van der Waals surface area contributed by atoms with Gasteiger partial charge in [0, 0.05) is 6.54 Å². The van der Waals surface area contributed by atoms with E-state index in [-0.39, 0.29) is 16.6 Å². The van der Waals surface area contributed by atoms with Gasteiger partial charge in [-0.25, -0.2) is 8.78 Å². The van der Waals surface area contributed by atoms with Crippen LogP contribution in [0.1, 0.15) is 41.4 Å². The number of carbonyl (C=O) groups is 1. The molecular weight excluding hydrogens is 350 g/mol. The van der Waals surface area contributed by atoms with Crippen LogP contribution in [0.3, 0.4) is 0 Å². The summed E-state index contributed by atoms with van der Waals surface area (Å²) in [6.45, 7) is 2.14. The van der Waals surface area contributed by atoms with Crippen LogP contribution < -0.4 is 5.32 Å². The van der Waals surface area contributed by atoms with Gasteiger partial charge in [0.1, 0.15) is 5.76 Å². The lowest BCUT2D eigenvalue weighted by atomic mass is 10.1. The highest BCUT2D eigenvalue weighted by molar-refractivity contribution is 6.33. The number of carbonyl (C=O) groups excluding carboxylic acids is 1. The van der Waals surface area contributed by atoms with Crippen LogP contribution in [0.4, 0.5) is 8.78 Å². The third-order valence-corrected chi connectivity index (χ3v) is 4.73. The maximum absolute atomic E-state index is 13.4. The van der Waals surface area contributed by atoms with Crippen molar-refractivity contribution < 1.29 is 18.0 Å². The zero-order chi connectivity index (χ0) is 17.8. The first-order valence-corrected chi connectivity index (χ1v) is 8.64. The molecule has 1 amide bonds. The van der Waals surface area contributed by atoms with E-state index in [1.54, 1.807) is 12.3 Å². The van der Waals surface area contributed by atoms with Gasteiger partial charge in [-0.1, -0.05) is 18.0 Å². The van der Waals surface area contributed by atoms with Crippen LogP contribution in [-0.4, -0.2) is 30.4 Å². The number of halogens is 3. The summed E-state index contributed by atoms with van der Waals surface area (Å²) in [5.41, 5.74) is -0.0857. The minimum atomic E-state index is -1.10. The summed E-state index contributed by atoms with van der Waals surface area (Å²) in [4.78, 5) is 14.6. The quantitative estimate of drug-likeness (QED) is 0.806. The molecule has 0 aliphatic carbocycles. The number of benzene rings is 1. The monoisotopic (exact) mass is 368 g/mol. The molecule has 1 saturated heterocycles. The van der Waals surface area contributed by atoms with Gasteiger partial charge < -0.3 is 9.73 Å². The number of nitrogens with one attached hydrogen (secondary N) is 1. The summed E-state index contributed by atoms with van der Waals surface area (Å²) in [7, 11) is 0. The Morgan fingerprint density at radius 1 is 1.24 bits per heavy atom. The fraction of sp³-hybridized carbons (Fsp3) is 0.389. The van der Waals surface area contributed by atoms with Crippen molar-refractivity contribution in [2.45, 2.75) is 25.3 Å². The number of likely N-dealkylation sites (tertiary alicyclic amines) is 1. The van der Waals surface area contributed by atoms with E-state index in [0.717, 1.165) is 43.8 Å². The van der Waals surface area contributed by atoms with E-state index in [1.165, 1.54) is 6.42 Å². The molecule has 0 spiro atoms. The molecular formula is C18H19ClF2N2O2. The molecule has 7 heteroatoms. The maximum Gasteiger partial charge on any atom is 0.252 e. The molecule has 1 unspecified atom stereocenters. The van der Waals surface area contributed by atoms with Crippen molar-refractivity contribution in [1.82, 2.24) is 10.2 Å². The highest BCUT2D eigenvalue weighted by Crippen LogP contribution is 2.25. The topological polar surface area (TPSA) is 45.5 Å². The van der Waals surface area contributed by atoms with Crippen LogP contribution in [0.25, 0.3) is 0 Å². The van der Waals surface area contributed by atoms with Crippen molar-refractivity contribution in [3.05, 3.63) is 58.5 Å². The molecule has 25 heavy (non-hydrogen) atoms. The van der Waals surface area contributed by atoms with Gasteiger partial charge in [-0.05, 0) is 50.2 Å². The maximum atomic E-state index is 13.4. The Bertz CT molecular complexity index is 731. The molecule has 1 aliphatic rings. The van der Waals surface area contributed by atoms with Crippen LogP contribution in [0.15, 0.2) is 34.9 Å². The average molecular weight is 369 g/mol. The summed E-state index contributed by atoms with van der Waals surface area (Å²) in [5, 5.41) is 2.64. The summed E-state index contributed by atoms with van der Waals surface area (Å²) in [5.74, 6) is -1.97. The molecule has 1 aromatic heterocycles. The highest BCUT2D eigenvalue weighted by Gasteiger charge is 2.25. The number of hydrogen-bond donors (Lipinski definition) is 1. The molecule has 2 aromatic rings. The SMILES string of the molecule is O=C(NCC(c1ccco1)N1CCCCC1)c1cc(F)c(F)cc1Cl. The second kappa shape index (κ2) is 7.97. The van der Waals surface area contributed by atoms with Crippen molar-refractivity contribution in [2.24, 2.45) is 0 Å². The molecule has 0 radical (unpaired) electrons. The lowest BCUT2D eigenvalue weighted by molar-refractivity contribution is 0.0913. The molecule has 2 heterocycles. The van der Waals surface area contributed by atoms with Gasteiger partial charge >= 0.3 is 0 Å². The smallest absolute Gasteiger partial charge is 0.252 e. The molecule has 134 valence electrons. The summed E-state index contributed by atoms with van der Waals surface area (Å²) in [6.07, 6.45) is 4.98. The fourth-order valence-electron chi connectivity index (χ4n) is 3.10. The minimum absolute atomic E-state index is 0.0857. The van der Waals surface area contributed by atoms with Crippen molar-refractivity contribution >= 4 is 17.5 Å². The Balaban J connectivity index is 1.72. The van der Waals surface area contributed by atoms with Gasteiger partial charge in [0.15, 0.2) is 11.6 Å². The number of piperidine rings is 1.